The van der Waals surface area contributed by atoms with E-state index in [-0.39, 0.29) is 35.7 Å². The Bertz CT molecular complexity index is 323. The van der Waals surface area contributed by atoms with Crippen molar-refractivity contribution in [1.82, 2.24) is 0 Å². The SMILES string of the molecule is COC(=O)C1CC(=O)C1.COC(=O)C1CC(O)C1. The van der Waals surface area contributed by atoms with Crippen molar-refractivity contribution >= 4 is 17.7 Å². The first-order valence-electron chi connectivity index (χ1n) is 5.83. The Morgan fingerprint density at radius 3 is 1.83 bits per heavy atom. The van der Waals surface area contributed by atoms with Crippen LogP contribution in [0.3, 0.4) is 0 Å². The minimum Gasteiger partial charge on any atom is -0.469 e. The predicted molar refractivity (Wildman–Crippen MR) is 60.5 cm³/mol. The molecular weight excluding hydrogens is 240 g/mol. The number of rotatable bonds is 2. The molecule has 0 saturated heterocycles. The lowest BCUT2D eigenvalue weighted by atomic mass is 9.83. The number of hydrogen-bond acceptors (Lipinski definition) is 6. The Morgan fingerprint density at radius 2 is 1.50 bits per heavy atom. The van der Waals surface area contributed by atoms with Crippen molar-refractivity contribution in [3.63, 3.8) is 0 Å². The first-order valence-corrected chi connectivity index (χ1v) is 5.83. The van der Waals surface area contributed by atoms with E-state index in [1.54, 1.807) is 0 Å². The molecule has 0 aromatic heterocycles. The van der Waals surface area contributed by atoms with E-state index in [2.05, 4.69) is 9.47 Å². The largest absolute Gasteiger partial charge is 0.469 e. The molecule has 0 aromatic carbocycles. The Hall–Kier alpha value is -1.43. The molecule has 6 nitrogen and oxygen atoms in total. The first kappa shape index (κ1) is 14.6. The lowest BCUT2D eigenvalue weighted by Crippen LogP contribution is -2.34. The number of carbonyl (C=O) groups is 3. The van der Waals surface area contributed by atoms with Crippen molar-refractivity contribution in [3.05, 3.63) is 0 Å². The number of ether oxygens (including phenoxy) is 2. The highest BCUT2D eigenvalue weighted by Gasteiger charge is 2.34. The number of Topliss-reactive ketones (excluding diaryl/α,β-unsaturated/α-hetero) is 1. The van der Waals surface area contributed by atoms with Gasteiger partial charge < -0.3 is 14.6 Å². The third-order valence-corrected chi connectivity index (χ3v) is 3.13. The molecule has 2 aliphatic carbocycles. The van der Waals surface area contributed by atoms with Crippen LogP contribution in [0, 0.1) is 11.8 Å². The standard InChI is InChI=1S/C6H10O3.C6H8O3/c2*1-9-6(8)4-2-5(7)3-4/h4-5,7H,2-3H2,1H3;4H,2-3H2,1H3. The lowest BCUT2D eigenvalue weighted by molar-refractivity contribution is -0.153. The quantitative estimate of drug-likeness (QED) is 0.705. The highest BCUT2D eigenvalue weighted by Crippen LogP contribution is 2.27. The van der Waals surface area contributed by atoms with Crippen LogP contribution < -0.4 is 0 Å². The summed E-state index contributed by atoms with van der Waals surface area (Å²) in [5.41, 5.74) is 0. The molecule has 0 aromatic rings. The Kier molecular flexibility index (Phi) is 5.27. The fraction of sp³-hybridized carbons (Fsp3) is 0.750. The smallest absolute Gasteiger partial charge is 0.309 e. The number of aliphatic hydroxyl groups excluding tert-OH is 1. The van der Waals surface area contributed by atoms with Gasteiger partial charge in [-0.25, -0.2) is 0 Å². The molecule has 0 radical (unpaired) electrons. The van der Waals surface area contributed by atoms with Crippen molar-refractivity contribution in [3.8, 4) is 0 Å². The van der Waals surface area contributed by atoms with Crippen LogP contribution in [-0.4, -0.2) is 43.2 Å². The van der Waals surface area contributed by atoms with Crippen LogP contribution in [0.25, 0.3) is 0 Å². The van der Waals surface area contributed by atoms with Crippen molar-refractivity contribution in [2.75, 3.05) is 14.2 Å². The maximum atomic E-state index is 10.6. The molecule has 0 spiro atoms. The highest BCUT2D eigenvalue weighted by atomic mass is 16.5. The molecule has 0 aliphatic heterocycles. The first-order chi connectivity index (χ1) is 8.47. The van der Waals surface area contributed by atoms with E-state index in [1.807, 2.05) is 0 Å². The van der Waals surface area contributed by atoms with E-state index < -0.39 is 0 Å². The van der Waals surface area contributed by atoms with E-state index in [9.17, 15) is 14.4 Å². The summed E-state index contributed by atoms with van der Waals surface area (Å²) in [5.74, 6) is -0.465. The molecule has 0 bridgehead atoms. The zero-order chi connectivity index (χ0) is 13.7. The molecule has 0 atom stereocenters. The van der Waals surface area contributed by atoms with Crippen molar-refractivity contribution in [2.45, 2.75) is 31.8 Å². The molecule has 2 rings (SSSR count). The van der Waals surface area contributed by atoms with Gasteiger partial charge in [-0.15, -0.1) is 0 Å². The Balaban J connectivity index is 0.000000180. The molecule has 102 valence electrons. The number of ketones is 1. The van der Waals surface area contributed by atoms with E-state index in [0.29, 0.717) is 25.7 Å². The van der Waals surface area contributed by atoms with E-state index >= 15 is 0 Å². The topological polar surface area (TPSA) is 89.9 Å². The maximum absolute atomic E-state index is 10.6. The van der Waals surface area contributed by atoms with Crippen molar-refractivity contribution in [1.29, 1.82) is 0 Å². The fourth-order valence-corrected chi connectivity index (χ4v) is 1.77. The van der Waals surface area contributed by atoms with Crippen LogP contribution in [0.2, 0.25) is 0 Å². The predicted octanol–water partition coefficient (Wildman–Crippen LogP) is 0.0688. The van der Waals surface area contributed by atoms with Gasteiger partial charge in [0.25, 0.3) is 0 Å². The molecule has 2 aliphatic rings. The molecule has 0 amide bonds. The molecular formula is C12H18O6. The van der Waals surface area contributed by atoms with E-state index in [4.69, 9.17) is 5.11 Å². The minimum absolute atomic E-state index is 0.0370. The second-order valence-electron chi connectivity index (χ2n) is 4.51. The summed E-state index contributed by atoms with van der Waals surface area (Å²) in [4.78, 5) is 31.5. The van der Waals surface area contributed by atoms with Crippen molar-refractivity contribution in [2.24, 2.45) is 11.8 Å². The summed E-state index contributed by atoms with van der Waals surface area (Å²) in [6, 6.07) is 0. The summed E-state index contributed by atoms with van der Waals surface area (Å²) < 4.78 is 8.86. The Morgan fingerprint density at radius 1 is 1.06 bits per heavy atom. The summed E-state index contributed by atoms with van der Waals surface area (Å²) in [6.45, 7) is 0. The van der Waals surface area contributed by atoms with Crippen LogP contribution >= 0.6 is 0 Å². The third-order valence-electron chi connectivity index (χ3n) is 3.13. The van der Waals surface area contributed by atoms with Crippen LogP contribution in [0.4, 0.5) is 0 Å². The van der Waals surface area contributed by atoms with Gasteiger partial charge in [-0.1, -0.05) is 0 Å². The Labute approximate surface area is 105 Å². The van der Waals surface area contributed by atoms with Gasteiger partial charge in [-0.05, 0) is 12.8 Å². The van der Waals surface area contributed by atoms with Crippen molar-refractivity contribution < 1.29 is 29.0 Å². The average Bonchev–Trinajstić information content (AvgIpc) is 2.30. The minimum atomic E-state index is -0.269. The van der Waals surface area contributed by atoms with Gasteiger partial charge in [0.15, 0.2) is 0 Å². The highest BCUT2D eigenvalue weighted by molar-refractivity contribution is 5.94. The van der Waals surface area contributed by atoms with E-state index in [0.717, 1.165) is 0 Å². The molecule has 2 fully saturated rings. The van der Waals surface area contributed by atoms with Gasteiger partial charge in [0, 0.05) is 12.8 Å². The monoisotopic (exact) mass is 258 g/mol. The van der Waals surface area contributed by atoms with Gasteiger partial charge in [-0.2, -0.15) is 0 Å². The summed E-state index contributed by atoms with van der Waals surface area (Å²) in [6.07, 6.45) is 1.65. The third kappa shape index (κ3) is 3.80. The zero-order valence-corrected chi connectivity index (χ0v) is 10.5. The molecule has 1 N–H and O–H groups in total. The lowest BCUT2D eigenvalue weighted by Gasteiger charge is -2.28. The van der Waals surface area contributed by atoms with Gasteiger partial charge >= 0.3 is 11.9 Å². The van der Waals surface area contributed by atoms with Gasteiger partial charge in [-0.3, -0.25) is 14.4 Å². The van der Waals surface area contributed by atoms with Crippen LogP contribution in [0.15, 0.2) is 0 Å². The average molecular weight is 258 g/mol. The molecule has 6 heteroatoms. The number of carbonyl (C=O) groups excluding carboxylic acids is 3. The zero-order valence-electron chi connectivity index (χ0n) is 10.5. The van der Waals surface area contributed by atoms with Gasteiger partial charge in [0.2, 0.25) is 0 Å². The summed E-state index contributed by atoms with van der Waals surface area (Å²) in [7, 11) is 2.71. The summed E-state index contributed by atoms with van der Waals surface area (Å²) in [5, 5.41) is 8.75. The van der Waals surface area contributed by atoms with Gasteiger partial charge in [0.1, 0.15) is 5.78 Å². The number of hydrogen-bond donors (Lipinski definition) is 1. The van der Waals surface area contributed by atoms with Crippen LogP contribution in [0.1, 0.15) is 25.7 Å². The van der Waals surface area contributed by atoms with Crippen LogP contribution in [0.5, 0.6) is 0 Å². The van der Waals surface area contributed by atoms with Crippen LogP contribution in [-0.2, 0) is 23.9 Å². The second-order valence-corrected chi connectivity index (χ2v) is 4.51. The number of aliphatic hydroxyl groups is 1. The molecule has 2 saturated carbocycles. The maximum Gasteiger partial charge on any atom is 0.309 e. The van der Waals surface area contributed by atoms with E-state index in [1.165, 1.54) is 14.2 Å². The molecule has 0 unspecified atom stereocenters. The second kappa shape index (κ2) is 6.49. The molecule has 0 heterocycles. The number of methoxy groups -OCH3 is 2. The molecule has 18 heavy (non-hydrogen) atoms. The normalized spacial score (nSPS) is 26.1. The summed E-state index contributed by atoms with van der Waals surface area (Å²) >= 11 is 0. The fourth-order valence-electron chi connectivity index (χ4n) is 1.77. The van der Waals surface area contributed by atoms with Gasteiger partial charge in [0.05, 0.1) is 32.2 Å². The number of esters is 2.